The van der Waals surface area contributed by atoms with Crippen molar-refractivity contribution in [2.45, 2.75) is 84.4 Å². The van der Waals surface area contributed by atoms with E-state index in [9.17, 15) is 4.79 Å². The fraction of sp³-hybridized carbons (Fsp3) is 0.514. The van der Waals surface area contributed by atoms with Crippen LogP contribution in [0.4, 0.5) is 15.0 Å². The Kier molecular flexibility index (Phi) is 12.8. The first-order valence-electron chi connectivity index (χ1n) is 16.9. The highest BCUT2D eigenvalue weighted by molar-refractivity contribution is 6.30. The Morgan fingerprint density at radius 3 is 2.38 bits per heavy atom. The molecule has 9 nitrogen and oxygen atoms in total. The molecule has 1 amide bonds. The lowest BCUT2D eigenvalue weighted by atomic mass is 10.1. The number of anilines is 1. The van der Waals surface area contributed by atoms with Crippen molar-refractivity contribution in [3.8, 4) is 6.01 Å². The first-order chi connectivity index (χ1) is 22.9. The van der Waals surface area contributed by atoms with Gasteiger partial charge in [0.05, 0.1) is 30.3 Å². The molecular formula is C37H50ClFN6O3. The van der Waals surface area contributed by atoms with Crippen LogP contribution in [0.2, 0.25) is 5.02 Å². The summed E-state index contributed by atoms with van der Waals surface area (Å²) in [5.74, 6) is 0.0356. The van der Waals surface area contributed by atoms with Crippen LogP contribution in [0.3, 0.4) is 0 Å². The number of likely N-dealkylation sites (tertiary alicyclic amines) is 1. The van der Waals surface area contributed by atoms with Crippen LogP contribution in [0.15, 0.2) is 36.5 Å². The van der Waals surface area contributed by atoms with Crippen LogP contribution >= 0.6 is 11.6 Å². The third kappa shape index (κ3) is 9.02. The van der Waals surface area contributed by atoms with Crippen molar-refractivity contribution in [3.63, 3.8) is 0 Å². The van der Waals surface area contributed by atoms with E-state index in [0.29, 0.717) is 29.3 Å². The summed E-state index contributed by atoms with van der Waals surface area (Å²) in [6, 6.07) is 5.58. The number of nitrogens with zero attached hydrogens (tertiary/aromatic N) is 6. The van der Waals surface area contributed by atoms with Crippen molar-refractivity contribution in [2.24, 2.45) is 0 Å². The summed E-state index contributed by atoms with van der Waals surface area (Å²) in [6.07, 6.45) is 11.7. The van der Waals surface area contributed by atoms with Crippen molar-refractivity contribution >= 4 is 47.1 Å². The molecule has 3 aliphatic rings. The van der Waals surface area contributed by atoms with Gasteiger partial charge in [0.15, 0.2) is 5.82 Å². The van der Waals surface area contributed by atoms with Crippen LogP contribution in [0.5, 0.6) is 6.01 Å². The predicted molar refractivity (Wildman–Crippen MR) is 193 cm³/mol. The largest absolute Gasteiger partial charge is 0.467 e. The minimum Gasteiger partial charge on any atom is -0.467 e. The molecule has 3 aliphatic heterocycles. The average molecular weight is 681 g/mol. The summed E-state index contributed by atoms with van der Waals surface area (Å²) in [6.45, 7) is 17.3. The molecule has 3 saturated heterocycles. The second kappa shape index (κ2) is 16.6. The lowest BCUT2D eigenvalue weighted by Crippen LogP contribution is -2.57. The van der Waals surface area contributed by atoms with E-state index in [0.717, 1.165) is 23.3 Å². The zero-order valence-electron chi connectivity index (χ0n) is 29.4. The van der Waals surface area contributed by atoms with Crippen molar-refractivity contribution in [3.05, 3.63) is 63.5 Å². The first kappa shape index (κ1) is 37.1. The van der Waals surface area contributed by atoms with Gasteiger partial charge in [0.1, 0.15) is 16.9 Å². The summed E-state index contributed by atoms with van der Waals surface area (Å²) >= 11 is 6.14. The number of amides is 1. The summed E-state index contributed by atoms with van der Waals surface area (Å²) in [5.41, 5.74) is -0.149. The first-order valence-corrected chi connectivity index (χ1v) is 17.3. The van der Waals surface area contributed by atoms with Crippen LogP contribution < -0.4 is 20.1 Å². The number of pyridine rings is 1. The molecule has 2 unspecified atom stereocenters. The van der Waals surface area contributed by atoms with Crippen LogP contribution in [-0.4, -0.2) is 88.9 Å². The Labute approximate surface area is 289 Å². The molecule has 3 aromatic rings. The van der Waals surface area contributed by atoms with Crippen LogP contribution in [0.25, 0.3) is 23.6 Å². The number of hydrogen-bond donors (Lipinski definition) is 0. The molecule has 3 fully saturated rings. The zero-order chi connectivity index (χ0) is 35.0. The van der Waals surface area contributed by atoms with Crippen molar-refractivity contribution in [2.75, 3.05) is 45.2 Å². The molecule has 0 spiro atoms. The van der Waals surface area contributed by atoms with E-state index >= 15 is 4.39 Å². The molecule has 0 aliphatic carbocycles. The summed E-state index contributed by atoms with van der Waals surface area (Å²) < 4.78 is 26.7. The lowest BCUT2D eigenvalue weighted by Gasteiger charge is -2.42. The number of piperazine rings is 1. The van der Waals surface area contributed by atoms with Gasteiger partial charge in [-0.15, -0.1) is 0 Å². The number of ether oxygens (including phenoxy) is 2. The molecule has 0 saturated carbocycles. The van der Waals surface area contributed by atoms with Crippen LogP contribution in [-0.2, 0) is 11.2 Å². The van der Waals surface area contributed by atoms with E-state index in [4.69, 9.17) is 21.1 Å². The van der Waals surface area contributed by atoms with E-state index in [1.54, 1.807) is 12.3 Å². The van der Waals surface area contributed by atoms with Crippen LogP contribution in [0, 0.1) is 5.82 Å². The highest BCUT2D eigenvalue weighted by Gasteiger charge is 2.45. The Morgan fingerprint density at radius 1 is 1.12 bits per heavy atom. The molecule has 11 heteroatoms. The number of allylic oxidation sites excluding steroid dienone is 2. The minimum absolute atomic E-state index is 0.0265. The third-order valence-corrected chi connectivity index (χ3v) is 8.85. The highest BCUT2D eigenvalue weighted by atomic mass is 35.5. The Morgan fingerprint density at radius 2 is 1.79 bits per heavy atom. The van der Waals surface area contributed by atoms with E-state index < -0.39 is 11.4 Å². The van der Waals surface area contributed by atoms with Gasteiger partial charge in [-0.05, 0) is 83.1 Å². The lowest BCUT2D eigenvalue weighted by molar-refractivity contribution is 0.0123. The fourth-order valence-corrected chi connectivity index (χ4v) is 6.36. The van der Waals surface area contributed by atoms with E-state index in [-0.39, 0.29) is 41.8 Å². The number of aromatic nitrogens is 3. The number of carbonyl (C=O) groups is 1. The van der Waals surface area contributed by atoms with Gasteiger partial charge in [-0.2, -0.15) is 9.97 Å². The summed E-state index contributed by atoms with van der Waals surface area (Å²) in [7, 11) is 3.63. The summed E-state index contributed by atoms with van der Waals surface area (Å²) in [4.78, 5) is 32.5. The number of benzene rings is 1. The minimum atomic E-state index is -0.566. The molecular weight excluding hydrogens is 631 g/mol. The predicted octanol–water partition coefficient (Wildman–Crippen LogP) is 6.14. The molecule has 0 radical (unpaired) electrons. The molecule has 6 rings (SSSR count). The maximum absolute atomic E-state index is 15.7. The molecule has 48 heavy (non-hydrogen) atoms. The van der Waals surface area contributed by atoms with E-state index in [1.165, 1.54) is 33.0 Å². The van der Waals surface area contributed by atoms with Gasteiger partial charge in [-0.1, -0.05) is 62.4 Å². The van der Waals surface area contributed by atoms with Crippen molar-refractivity contribution < 1.29 is 18.7 Å². The molecule has 2 aromatic heterocycles. The van der Waals surface area contributed by atoms with Gasteiger partial charge >= 0.3 is 12.1 Å². The Balaban J connectivity index is 0.000000578. The van der Waals surface area contributed by atoms with Gasteiger partial charge in [0.25, 0.3) is 0 Å². The Bertz CT molecular complexity index is 1690. The Hall–Kier alpha value is -3.76. The number of halogens is 2. The maximum Gasteiger partial charge on any atom is 0.410 e. The standard InChI is InChI=1S/C30H33ClFN5O3.C5H11N.C2H6/c1-18-19(10-8-11-23(18)31)9-6-7-12-24-25(32)26-22(15-33-24)27(35-28(34-26)39-5)36-16-20-13-14-21(17-36)37(20)29(38)40-30(2,3)4;1-6-4-2-3-5-6;1-2/h6-11,15,20-21H,1,12-14,16-17H2,2-5H3;2-5H2,1H3;1-2H3/b7-6-,19-9-;;. The number of carbonyl (C=O) groups excluding carboxylic acids is 1. The summed E-state index contributed by atoms with van der Waals surface area (Å²) in [5, 5.41) is 2.72. The number of rotatable bonds is 5. The fourth-order valence-electron chi connectivity index (χ4n) is 6.18. The topological polar surface area (TPSA) is 83.9 Å². The molecule has 1 aromatic carbocycles. The van der Waals surface area contributed by atoms with Crippen molar-refractivity contribution in [1.82, 2.24) is 24.8 Å². The second-order valence-corrected chi connectivity index (χ2v) is 13.5. The van der Waals surface area contributed by atoms with Gasteiger partial charge in [-0.25, -0.2) is 9.18 Å². The maximum atomic E-state index is 15.7. The molecule has 5 heterocycles. The van der Waals surface area contributed by atoms with Gasteiger partial charge in [-0.3, -0.25) is 9.88 Å². The smallest absolute Gasteiger partial charge is 0.410 e. The third-order valence-electron chi connectivity index (χ3n) is 8.49. The highest BCUT2D eigenvalue weighted by Crippen LogP contribution is 2.36. The average Bonchev–Trinajstić information content (AvgIpc) is 3.65. The van der Waals surface area contributed by atoms with E-state index in [1.807, 2.05) is 69.9 Å². The van der Waals surface area contributed by atoms with Crippen molar-refractivity contribution in [1.29, 1.82) is 0 Å². The van der Waals surface area contributed by atoms with Crippen LogP contribution in [0.1, 0.15) is 66.0 Å². The second-order valence-electron chi connectivity index (χ2n) is 13.1. The normalized spacial score (nSPS) is 19.6. The molecule has 2 bridgehead atoms. The van der Waals surface area contributed by atoms with Gasteiger partial charge in [0, 0.05) is 30.7 Å². The number of hydrogen-bond acceptors (Lipinski definition) is 8. The monoisotopic (exact) mass is 680 g/mol. The molecule has 2 atom stereocenters. The van der Waals surface area contributed by atoms with Gasteiger partial charge in [0.2, 0.25) is 0 Å². The quantitative estimate of drug-likeness (QED) is 0.318. The SMILES string of the molecule is C=c1c(Cl)ccc/c1=C/C=C\Cc1ncc2c(N3CC4CCC(C3)N4C(=O)OC(C)(C)C)nc(OC)nc2c1F.CC.CN1CCCC1. The number of methoxy groups -OCH3 is 1. The molecule has 0 N–H and O–H groups in total. The number of fused-ring (bicyclic) bond motifs is 3. The molecule has 260 valence electrons. The van der Waals surface area contributed by atoms with Gasteiger partial charge < -0.3 is 19.3 Å². The van der Waals surface area contributed by atoms with E-state index in [2.05, 4.69) is 38.4 Å². The zero-order valence-corrected chi connectivity index (χ0v) is 30.2.